The fourth-order valence-corrected chi connectivity index (χ4v) is 3.34. The predicted octanol–water partition coefficient (Wildman–Crippen LogP) is 1.34. The second kappa shape index (κ2) is 8.10. The van der Waals surface area contributed by atoms with Gasteiger partial charge in [-0.1, -0.05) is 0 Å². The van der Waals surface area contributed by atoms with Crippen LogP contribution >= 0.6 is 11.3 Å². The van der Waals surface area contributed by atoms with Gasteiger partial charge < -0.3 is 15.1 Å². The first-order valence-electron chi connectivity index (χ1n) is 7.81. The molecular weight excluding hydrogens is 314 g/mol. The Bertz CT molecular complexity index is 557. The molecule has 7 heteroatoms. The zero-order valence-corrected chi connectivity index (χ0v) is 14.4. The van der Waals surface area contributed by atoms with Crippen LogP contribution in [0.25, 0.3) is 0 Å². The van der Waals surface area contributed by atoms with E-state index in [2.05, 4.69) is 5.32 Å². The molecule has 0 aromatic carbocycles. The molecule has 1 aromatic rings. The van der Waals surface area contributed by atoms with E-state index < -0.39 is 0 Å². The molecule has 1 fully saturated rings. The number of likely N-dealkylation sites (tertiary alicyclic amines) is 1. The van der Waals surface area contributed by atoms with Crippen LogP contribution in [0, 0.1) is 0 Å². The van der Waals surface area contributed by atoms with Gasteiger partial charge in [0.25, 0.3) is 5.91 Å². The highest BCUT2D eigenvalue weighted by Gasteiger charge is 2.34. The van der Waals surface area contributed by atoms with Gasteiger partial charge in [-0.2, -0.15) is 11.3 Å². The number of rotatable bonds is 6. The van der Waals surface area contributed by atoms with E-state index in [1.807, 2.05) is 5.38 Å². The summed E-state index contributed by atoms with van der Waals surface area (Å²) in [5, 5.41) is 6.45. The third-order valence-electron chi connectivity index (χ3n) is 3.94. The van der Waals surface area contributed by atoms with E-state index >= 15 is 0 Å². The number of carbonyl (C=O) groups excluding carboxylic acids is 3. The van der Waals surface area contributed by atoms with Gasteiger partial charge in [-0.05, 0) is 30.7 Å². The van der Waals surface area contributed by atoms with Gasteiger partial charge in [-0.15, -0.1) is 0 Å². The number of nitrogens with zero attached hydrogens (tertiary/aromatic N) is 2. The molecular formula is C16H23N3O3S. The lowest BCUT2D eigenvalue weighted by Crippen LogP contribution is -2.45. The monoisotopic (exact) mass is 337 g/mol. The van der Waals surface area contributed by atoms with Gasteiger partial charge >= 0.3 is 0 Å². The lowest BCUT2D eigenvalue weighted by atomic mass is 10.2. The molecule has 23 heavy (non-hydrogen) atoms. The van der Waals surface area contributed by atoms with Gasteiger partial charge in [0.05, 0.1) is 0 Å². The van der Waals surface area contributed by atoms with E-state index in [4.69, 9.17) is 0 Å². The maximum absolute atomic E-state index is 12.3. The van der Waals surface area contributed by atoms with Crippen LogP contribution in [-0.2, 0) is 9.59 Å². The van der Waals surface area contributed by atoms with Crippen molar-refractivity contribution < 1.29 is 14.4 Å². The van der Waals surface area contributed by atoms with Crippen molar-refractivity contribution in [3.63, 3.8) is 0 Å². The first-order valence-corrected chi connectivity index (χ1v) is 8.76. The Kier molecular flexibility index (Phi) is 6.15. The van der Waals surface area contributed by atoms with Crippen molar-refractivity contribution in [3.05, 3.63) is 22.4 Å². The quantitative estimate of drug-likeness (QED) is 0.797. The van der Waals surface area contributed by atoms with Gasteiger partial charge in [0.15, 0.2) is 0 Å². The lowest BCUT2D eigenvalue weighted by molar-refractivity contribution is -0.142. The van der Waals surface area contributed by atoms with E-state index in [0.29, 0.717) is 31.5 Å². The normalized spacial score (nSPS) is 17.1. The molecule has 1 aromatic heterocycles. The zero-order valence-electron chi connectivity index (χ0n) is 13.6. The minimum absolute atomic E-state index is 0.00696. The standard InChI is InChI=1S/C16H23N3O3S/c1-18(2)16(22)13-5-4-9-19(13)14(20)6-3-8-17-15(21)12-7-10-23-11-12/h7,10-11,13H,3-6,8-9H2,1-2H3,(H,17,21)/t13-/m0/s1. The van der Waals surface area contributed by atoms with Crippen LogP contribution in [-0.4, -0.2) is 60.7 Å². The molecule has 126 valence electrons. The number of hydrogen-bond acceptors (Lipinski definition) is 4. The van der Waals surface area contributed by atoms with Gasteiger partial charge in [0.1, 0.15) is 6.04 Å². The summed E-state index contributed by atoms with van der Waals surface area (Å²) in [7, 11) is 3.42. The molecule has 0 aliphatic carbocycles. The third-order valence-corrected chi connectivity index (χ3v) is 4.62. The van der Waals surface area contributed by atoms with Crippen LogP contribution in [0.5, 0.6) is 0 Å². The van der Waals surface area contributed by atoms with E-state index in [1.165, 1.54) is 16.2 Å². The highest BCUT2D eigenvalue weighted by molar-refractivity contribution is 7.08. The van der Waals surface area contributed by atoms with E-state index in [-0.39, 0.29) is 23.8 Å². The molecule has 1 atom stereocenters. The Labute approximate surface area is 140 Å². The average Bonchev–Trinajstić information content (AvgIpc) is 3.20. The Balaban J connectivity index is 1.74. The molecule has 0 radical (unpaired) electrons. The van der Waals surface area contributed by atoms with E-state index in [1.54, 1.807) is 30.4 Å². The summed E-state index contributed by atoms with van der Waals surface area (Å²) < 4.78 is 0. The molecule has 2 heterocycles. The highest BCUT2D eigenvalue weighted by Crippen LogP contribution is 2.20. The number of carbonyl (C=O) groups is 3. The maximum Gasteiger partial charge on any atom is 0.252 e. The molecule has 0 saturated carbocycles. The molecule has 1 saturated heterocycles. The Morgan fingerprint density at radius 1 is 1.39 bits per heavy atom. The van der Waals surface area contributed by atoms with Crippen LogP contribution in [0.1, 0.15) is 36.0 Å². The van der Waals surface area contributed by atoms with Crippen molar-refractivity contribution in [2.75, 3.05) is 27.2 Å². The van der Waals surface area contributed by atoms with Crippen molar-refractivity contribution in [3.8, 4) is 0 Å². The Morgan fingerprint density at radius 3 is 2.83 bits per heavy atom. The first kappa shape index (κ1) is 17.5. The SMILES string of the molecule is CN(C)C(=O)[C@@H]1CCCN1C(=O)CCCNC(=O)c1ccsc1. The van der Waals surface area contributed by atoms with Crippen molar-refractivity contribution in [2.24, 2.45) is 0 Å². The summed E-state index contributed by atoms with van der Waals surface area (Å²) in [6, 6.07) is 1.45. The molecule has 0 unspecified atom stereocenters. The smallest absolute Gasteiger partial charge is 0.252 e. The molecule has 1 aliphatic rings. The summed E-state index contributed by atoms with van der Waals surface area (Å²) in [6.45, 7) is 1.10. The summed E-state index contributed by atoms with van der Waals surface area (Å²) in [5.41, 5.74) is 0.650. The van der Waals surface area contributed by atoms with E-state index in [0.717, 1.165) is 12.8 Å². The third kappa shape index (κ3) is 4.54. The molecule has 0 bridgehead atoms. The minimum atomic E-state index is -0.321. The maximum atomic E-state index is 12.3. The van der Waals surface area contributed by atoms with Gasteiger partial charge in [0.2, 0.25) is 11.8 Å². The van der Waals surface area contributed by atoms with Crippen molar-refractivity contribution in [1.29, 1.82) is 0 Å². The predicted molar refractivity (Wildman–Crippen MR) is 89.3 cm³/mol. The Hall–Kier alpha value is -1.89. The Morgan fingerprint density at radius 2 is 2.17 bits per heavy atom. The van der Waals surface area contributed by atoms with Gasteiger partial charge in [-0.3, -0.25) is 14.4 Å². The van der Waals surface area contributed by atoms with E-state index in [9.17, 15) is 14.4 Å². The molecule has 0 spiro atoms. The average molecular weight is 337 g/mol. The number of amides is 3. The highest BCUT2D eigenvalue weighted by atomic mass is 32.1. The summed E-state index contributed by atoms with van der Waals surface area (Å²) >= 11 is 1.48. The van der Waals surface area contributed by atoms with Crippen LogP contribution in [0.3, 0.4) is 0 Å². The van der Waals surface area contributed by atoms with Crippen LogP contribution < -0.4 is 5.32 Å². The van der Waals surface area contributed by atoms with Crippen molar-refractivity contribution in [2.45, 2.75) is 31.7 Å². The van der Waals surface area contributed by atoms with Crippen LogP contribution in [0.15, 0.2) is 16.8 Å². The summed E-state index contributed by atoms with van der Waals surface area (Å²) in [5.74, 6) is -0.130. The van der Waals surface area contributed by atoms with Gasteiger partial charge in [-0.25, -0.2) is 0 Å². The zero-order chi connectivity index (χ0) is 16.8. The fourth-order valence-electron chi connectivity index (χ4n) is 2.70. The summed E-state index contributed by atoms with van der Waals surface area (Å²) in [4.78, 5) is 39.4. The number of likely N-dealkylation sites (N-methyl/N-ethyl adjacent to an activating group) is 1. The second-order valence-electron chi connectivity index (χ2n) is 5.85. The minimum Gasteiger partial charge on any atom is -0.352 e. The number of hydrogen-bond donors (Lipinski definition) is 1. The van der Waals surface area contributed by atoms with Crippen molar-refractivity contribution >= 4 is 29.1 Å². The number of nitrogens with one attached hydrogen (secondary N) is 1. The molecule has 3 amide bonds. The molecule has 1 aliphatic heterocycles. The van der Waals surface area contributed by atoms with Crippen molar-refractivity contribution in [1.82, 2.24) is 15.1 Å². The summed E-state index contributed by atoms with van der Waals surface area (Å²) in [6.07, 6.45) is 2.53. The molecule has 6 nitrogen and oxygen atoms in total. The second-order valence-corrected chi connectivity index (χ2v) is 6.63. The first-order chi connectivity index (χ1) is 11.0. The largest absolute Gasteiger partial charge is 0.352 e. The fraction of sp³-hybridized carbons (Fsp3) is 0.562. The lowest BCUT2D eigenvalue weighted by Gasteiger charge is -2.26. The molecule has 2 rings (SSSR count). The van der Waals surface area contributed by atoms with Crippen LogP contribution in [0.2, 0.25) is 0 Å². The topological polar surface area (TPSA) is 69.7 Å². The van der Waals surface area contributed by atoms with Gasteiger partial charge in [0, 0.05) is 44.5 Å². The molecule has 1 N–H and O–H groups in total. The van der Waals surface area contributed by atoms with Crippen LogP contribution in [0.4, 0.5) is 0 Å². The number of thiophene rings is 1.